The van der Waals surface area contributed by atoms with Crippen LogP contribution in [0, 0.1) is 0 Å². The normalized spacial score (nSPS) is 13.4. The molecule has 0 aliphatic rings. The maximum Gasteiger partial charge on any atom is 0.232 e. The molecule has 1 atom stereocenters. The summed E-state index contributed by atoms with van der Waals surface area (Å²) >= 11 is 0. The van der Waals surface area contributed by atoms with Crippen LogP contribution in [0.25, 0.3) is 0 Å². The molecule has 5 nitrogen and oxygen atoms in total. The van der Waals surface area contributed by atoms with Crippen LogP contribution in [0.2, 0.25) is 0 Å². The molecule has 0 fully saturated rings. The van der Waals surface area contributed by atoms with Crippen molar-refractivity contribution < 1.29 is 19.3 Å². The smallest absolute Gasteiger partial charge is 0.232 e. The number of unbranched alkanes of at least 4 members (excludes halogenated alkanes) is 9. The Bertz CT molecular complexity index is 256. The zero-order valence-electron chi connectivity index (χ0n) is 16.2. The average molecular weight is 348 g/mol. The molecule has 0 saturated heterocycles. The highest BCUT2D eigenvalue weighted by Crippen LogP contribution is 2.17. The van der Waals surface area contributed by atoms with E-state index < -0.39 is 12.0 Å². The van der Waals surface area contributed by atoms with Gasteiger partial charge in [-0.3, -0.25) is 0 Å². The van der Waals surface area contributed by atoms with Crippen LogP contribution in [0.3, 0.4) is 0 Å². The molecule has 0 aromatic rings. The molecule has 1 unspecified atom stereocenters. The van der Waals surface area contributed by atoms with Crippen LogP contribution in [0.4, 0.5) is 0 Å². The highest BCUT2D eigenvalue weighted by molar-refractivity contribution is 4.75. The Kier molecular flexibility index (Phi) is 16.1. The van der Waals surface area contributed by atoms with Crippen LogP contribution >= 0.6 is 0 Å². The zero-order chi connectivity index (χ0) is 18.1. The van der Waals surface area contributed by atoms with Crippen molar-refractivity contribution in [1.29, 1.82) is 0 Å². The molecule has 0 amide bonds. The van der Waals surface area contributed by atoms with Crippen LogP contribution in [0.5, 0.6) is 0 Å². The second-order valence-corrected chi connectivity index (χ2v) is 6.36. The first-order valence-electron chi connectivity index (χ1n) is 9.92. The van der Waals surface area contributed by atoms with Gasteiger partial charge in [0.25, 0.3) is 0 Å². The lowest BCUT2D eigenvalue weighted by Crippen LogP contribution is -2.55. The van der Waals surface area contributed by atoms with Gasteiger partial charge in [0.2, 0.25) is 5.79 Å². The van der Waals surface area contributed by atoms with E-state index in [-0.39, 0.29) is 6.61 Å². The van der Waals surface area contributed by atoms with E-state index in [1.54, 1.807) is 0 Å². The van der Waals surface area contributed by atoms with Gasteiger partial charge in [0.05, 0.1) is 0 Å². The molecule has 0 aromatic carbocycles. The van der Waals surface area contributed by atoms with Gasteiger partial charge in [-0.1, -0.05) is 64.7 Å². The first-order valence-corrected chi connectivity index (χ1v) is 9.92. The number of aliphatic hydroxyl groups is 1. The van der Waals surface area contributed by atoms with E-state index in [1.807, 2.05) is 13.8 Å². The predicted octanol–water partition coefficient (Wildman–Crippen LogP) is 3.97. The quantitative estimate of drug-likeness (QED) is 0.290. The second kappa shape index (κ2) is 16.3. The van der Waals surface area contributed by atoms with Crippen molar-refractivity contribution in [3.05, 3.63) is 0 Å². The van der Waals surface area contributed by atoms with Gasteiger partial charge in [-0.25, -0.2) is 0 Å². The summed E-state index contributed by atoms with van der Waals surface area (Å²) in [5, 5.41) is 9.75. The molecule has 0 spiro atoms. The minimum atomic E-state index is -1.25. The molecule has 24 heavy (non-hydrogen) atoms. The van der Waals surface area contributed by atoms with Crippen molar-refractivity contribution in [3.8, 4) is 0 Å². The minimum absolute atomic E-state index is 0.157. The second-order valence-electron chi connectivity index (χ2n) is 6.36. The third-order valence-corrected chi connectivity index (χ3v) is 4.17. The summed E-state index contributed by atoms with van der Waals surface area (Å²) in [4.78, 5) is 0. The fraction of sp³-hybridized carbons (Fsp3) is 1.00. The summed E-state index contributed by atoms with van der Waals surface area (Å²) in [6.07, 6.45) is 11.7. The summed E-state index contributed by atoms with van der Waals surface area (Å²) in [6, 6.07) is 0. The van der Waals surface area contributed by atoms with E-state index in [1.165, 1.54) is 57.8 Å². The van der Waals surface area contributed by atoms with E-state index in [0.717, 1.165) is 6.42 Å². The van der Waals surface area contributed by atoms with Crippen molar-refractivity contribution >= 4 is 0 Å². The van der Waals surface area contributed by atoms with E-state index in [4.69, 9.17) is 19.9 Å². The van der Waals surface area contributed by atoms with Gasteiger partial charge >= 0.3 is 0 Å². The summed E-state index contributed by atoms with van der Waals surface area (Å²) in [6.45, 7) is 7.57. The highest BCUT2D eigenvalue weighted by atomic mass is 16.7. The van der Waals surface area contributed by atoms with Crippen LogP contribution < -0.4 is 5.73 Å². The predicted molar refractivity (Wildman–Crippen MR) is 98.8 cm³/mol. The fourth-order valence-corrected chi connectivity index (χ4v) is 2.78. The van der Waals surface area contributed by atoms with Gasteiger partial charge in [-0.05, 0) is 20.3 Å². The van der Waals surface area contributed by atoms with Gasteiger partial charge in [-0.2, -0.15) is 0 Å². The molecular weight excluding hydrogens is 306 g/mol. The van der Waals surface area contributed by atoms with E-state index in [2.05, 4.69) is 6.92 Å². The summed E-state index contributed by atoms with van der Waals surface area (Å²) < 4.78 is 16.7. The first-order chi connectivity index (χ1) is 11.6. The maximum absolute atomic E-state index is 9.75. The molecule has 0 heterocycles. The number of nitrogens with two attached hydrogens (primary N) is 1. The van der Waals surface area contributed by atoms with Crippen molar-refractivity contribution in [2.45, 2.75) is 97.0 Å². The Hall–Kier alpha value is -0.200. The molecule has 146 valence electrons. The Morgan fingerprint density at radius 1 is 0.792 bits per heavy atom. The lowest BCUT2D eigenvalue weighted by Gasteiger charge is -2.34. The Morgan fingerprint density at radius 3 is 1.67 bits per heavy atom. The fourth-order valence-electron chi connectivity index (χ4n) is 2.78. The summed E-state index contributed by atoms with van der Waals surface area (Å²) in [5.74, 6) is -1.25. The minimum Gasteiger partial charge on any atom is -0.376 e. The Balaban J connectivity index is 3.65. The third kappa shape index (κ3) is 11.4. The van der Waals surface area contributed by atoms with Crippen LogP contribution in [-0.2, 0) is 14.2 Å². The largest absolute Gasteiger partial charge is 0.376 e. The molecule has 0 radical (unpaired) electrons. The van der Waals surface area contributed by atoms with Crippen molar-refractivity contribution in [3.63, 3.8) is 0 Å². The monoisotopic (exact) mass is 347 g/mol. The van der Waals surface area contributed by atoms with Crippen LogP contribution in [0.1, 0.15) is 85.0 Å². The topological polar surface area (TPSA) is 73.9 Å². The molecule has 0 bridgehead atoms. The first kappa shape index (κ1) is 23.8. The number of hydrogen-bond donors (Lipinski definition) is 2. The van der Waals surface area contributed by atoms with Crippen molar-refractivity contribution in [1.82, 2.24) is 0 Å². The van der Waals surface area contributed by atoms with Crippen LogP contribution in [0.15, 0.2) is 0 Å². The molecule has 0 saturated carbocycles. The number of aliphatic hydroxyl groups excluding tert-OH is 1. The van der Waals surface area contributed by atoms with Gasteiger partial charge in [-0.15, -0.1) is 0 Å². The van der Waals surface area contributed by atoms with Crippen molar-refractivity contribution in [2.24, 2.45) is 5.73 Å². The third-order valence-electron chi connectivity index (χ3n) is 4.17. The summed E-state index contributed by atoms with van der Waals surface area (Å²) in [7, 11) is 0. The molecule has 0 aromatic heterocycles. The summed E-state index contributed by atoms with van der Waals surface area (Å²) in [5.41, 5.74) is 5.61. The van der Waals surface area contributed by atoms with E-state index in [0.29, 0.717) is 19.8 Å². The molecule has 0 aliphatic heterocycles. The molecule has 3 N–H and O–H groups in total. The maximum atomic E-state index is 9.75. The number of ether oxygens (including phenoxy) is 3. The highest BCUT2D eigenvalue weighted by Gasteiger charge is 2.38. The average Bonchev–Trinajstić information content (AvgIpc) is 2.56. The van der Waals surface area contributed by atoms with Gasteiger partial charge in [0.1, 0.15) is 6.61 Å². The molecule has 0 aliphatic carbocycles. The number of hydrogen-bond acceptors (Lipinski definition) is 5. The van der Waals surface area contributed by atoms with Crippen molar-refractivity contribution in [2.75, 3.05) is 26.4 Å². The van der Waals surface area contributed by atoms with Crippen LogP contribution in [-0.4, -0.2) is 43.5 Å². The molecule has 5 heteroatoms. The lowest BCUT2D eigenvalue weighted by molar-refractivity contribution is -0.298. The van der Waals surface area contributed by atoms with E-state index >= 15 is 0 Å². The number of rotatable bonds is 18. The Morgan fingerprint density at radius 2 is 1.25 bits per heavy atom. The zero-order valence-corrected chi connectivity index (χ0v) is 16.2. The molecular formula is C19H41NO4. The SMILES string of the molecule is CCCCCCCCCCCCOCC(OCC)(OCC)C(N)O. The van der Waals surface area contributed by atoms with Gasteiger partial charge in [0.15, 0.2) is 6.23 Å². The Labute approximate surface area is 149 Å². The molecule has 0 rings (SSSR count). The van der Waals surface area contributed by atoms with Gasteiger partial charge < -0.3 is 25.1 Å². The van der Waals surface area contributed by atoms with Gasteiger partial charge in [0, 0.05) is 19.8 Å². The standard InChI is InChI=1S/C19H41NO4/c1-4-7-8-9-10-11-12-13-14-15-16-22-17-19(18(20)21,23-5-2)24-6-3/h18,21H,4-17,20H2,1-3H3. The lowest BCUT2D eigenvalue weighted by atomic mass is 10.1. The van der Waals surface area contributed by atoms with E-state index in [9.17, 15) is 5.11 Å².